The van der Waals surface area contributed by atoms with Crippen molar-refractivity contribution >= 4 is 26.0 Å². The number of hydrogen-bond donors (Lipinski definition) is 1. The third kappa shape index (κ3) is 3.45. The smallest absolute Gasteiger partial charge is 0.246 e. The molecule has 1 aliphatic rings. The Hall–Kier alpha value is -0.540. The predicted molar refractivity (Wildman–Crippen MR) is 80.8 cm³/mol. The Morgan fingerprint density at radius 3 is 2.48 bits per heavy atom. The molecule has 8 heteroatoms. The molecular weight excluding hydrogens is 363 g/mol. The summed E-state index contributed by atoms with van der Waals surface area (Å²) < 4.78 is 47.0. The maximum Gasteiger partial charge on any atom is 0.246 e. The average Bonchev–Trinajstić information content (AvgIpc) is 2.39. The molecule has 2 atom stereocenters. The van der Waals surface area contributed by atoms with Crippen molar-refractivity contribution in [2.24, 2.45) is 5.73 Å². The van der Waals surface area contributed by atoms with E-state index in [1.54, 1.807) is 13.8 Å². The first-order chi connectivity index (χ1) is 9.75. The van der Waals surface area contributed by atoms with E-state index in [4.69, 9.17) is 10.5 Å². The Balaban J connectivity index is 2.47. The van der Waals surface area contributed by atoms with Crippen molar-refractivity contribution in [1.82, 2.24) is 4.31 Å². The minimum Gasteiger partial charge on any atom is -0.373 e. The number of ether oxygens (including phenoxy) is 1. The standard InChI is InChI=1S/C13H18BrFN2O3S/c1-8-6-17(7-9(2)20-8)21(18,19)12-4-11(14)3-10(5-16)13(12)15/h3-4,8-9H,5-7,16H2,1-2H3. The molecule has 21 heavy (non-hydrogen) atoms. The molecule has 0 spiro atoms. The summed E-state index contributed by atoms with van der Waals surface area (Å²) in [6, 6.07) is 2.76. The lowest BCUT2D eigenvalue weighted by Crippen LogP contribution is -2.48. The lowest BCUT2D eigenvalue weighted by atomic mass is 10.2. The van der Waals surface area contributed by atoms with Crippen LogP contribution in [0.4, 0.5) is 4.39 Å². The summed E-state index contributed by atoms with van der Waals surface area (Å²) >= 11 is 3.20. The summed E-state index contributed by atoms with van der Waals surface area (Å²) in [6.07, 6.45) is -0.458. The highest BCUT2D eigenvalue weighted by molar-refractivity contribution is 9.10. The molecule has 0 bridgehead atoms. The van der Waals surface area contributed by atoms with Gasteiger partial charge in [-0.25, -0.2) is 12.8 Å². The Morgan fingerprint density at radius 1 is 1.38 bits per heavy atom. The third-order valence-corrected chi connectivity index (χ3v) is 5.59. The van der Waals surface area contributed by atoms with Crippen LogP contribution in [0, 0.1) is 5.82 Å². The number of benzene rings is 1. The molecule has 5 nitrogen and oxygen atoms in total. The first kappa shape index (κ1) is 16.8. The van der Waals surface area contributed by atoms with Crippen LogP contribution in [-0.4, -0.2) is 38.0 Å². The van der Waals surface area contributed by atoms with Crippen LogP contribution in [0.25, 0.3) is 0 Å². The van der Waals surface area contributed by atoms with E-state index in [-0.39, 0.29) is 42.3 Å². The third-order valence-electron chi connectivity index (χ3n) is 3.30. The highest BCUT2D eigenvalue weighted by atomic mass is 79.9. The van der Waals surface area contributed by atoms with Crippen molar-refractivity contribution in [3.63, 3.8) is 0 Å². The number of nitrogens with zero attached hydrogens (tertiary/aromatic N) is 1. The van der Waals surface area contributed by atoms with Crippen LogP contribution in [0.3, 0.4) is 0 Å². The molecule has 1 heterocycles. The zero-order valence-corrected chi connectivity index (χ0v) is 14.2. The van der Waals surface area contributed by atoms with Crippen LogP contribution < -0.4 is 5.73 Å². The molecule has 2 N–H and O–H groups in total. The van der Waals surface area contributed by atoms with Crippen molar-refractivity contribution in [2.75, 3.05) is 13.1 Å². The van der Waals surface area contributed by atoms with Gasteiger partial charge in [-0.2, -0.15) is 4.31 Å². The zero-order chi connectivity index (χ0) is 15.8. The zero-order valence-electron chi connectivity index (χ0n) is 11.8. The van der Waals surface area contributed by atoms with Crippen molar-refractivity contribution in [2.45, 2.75) is 37.5 Å². The minimum atomic E-state index is -3.92. The largest absolute Gasteiger partial charge is 0.373 e. The van der Waals surface area contributed by atoms with E-state index >= 15 is 0 Å². The highest BCUT2D eigenvalue weighted by Gasteiger charge is 2.34. The maximum atomic E-state index is 14.4. The summed E-state index contributed by atoms with van der Waals surface area (Å²) in [5, 5.41) is 0. The van der Waals surface area contributed by atoms with E-state index in [0.717, 1.165) is 0 Å². The predicted octanol–water partition coefficient (Wildman–Crippen LogP) is 1.84. The van der Waals surface area contributed by atoms with Gasteiger partial charge in [-0.15, -0.1) is 0 Å². The second-order valence-electron chi connectivity index (χ2n) is 5.16. The average molecular weight is 381 g/mol. The topological polar surface area (TPSA) is 72.6 Å². The van der Waals surface area contributed by atoms with Gasteiger partial charge in [0, 0.05) is 29.7 Å². The maximum absolute atomic E-state index is 14.4. The molecule has 0 aliphatic carbocycles. The van der Waals surface area contributed by atoms with Gasteiger partial charge in [0.15, 0.2) is 0 Å². The molecule has 2 unspecified atom stereocenters. The first-order valence-corrected chi connectivity index (χ1v) is 8.82. The molecule has 0 aromatic heterocycles. The van der Waals surface area contributed by atoms with Crippen LogP contribution in [0.15, 0.2) is 21.5 Å². The number of hydrogen-bond acceptors (Lipinski definition) is 4. The molecule has 1 aromatic rings. The molecule has 0 saturated carbocycles. The van der Waals surface area contributed by atoms with E-state index in [1.165, 1.54) is 16.4 Å². The fraction of sp³-hybridized carbons (Fsp3) is 0.538. The molecule has 118 valence electrons. The molecule has 1 saturated heterocycles. The van der Waals surface area contributed by atoms with E-state index in [9.17, 15) is 12.8 Å². The van der Waals surface area contributed by atoms with E-state index in [1.807, 2.05) is 0 Å². The SMILES string of the molecule is CC1CN(S(=O)(=O)c2cc(Br)cc(CN)c2F)CC(C)O1. The van der Waals surface area contributed by atoms with Crippen LogP contribution in [0.1, 0.15) is 19.4 Å². The quantitative estimate of drug-likeness (QED) is 0.868. The summed E-state index contributed by atoms with van der Waals surface area (Å²) in [6.45, 7) is 3.93. The lowest BCUT2D eigenvalue weighted by molar-refractivity contribution is -0.0441. The van der Waals surface area contributed by atoms with Crippen molar-refractivity contribution in [1.29, 1.82) is 0 Å². The molecule has 0 amide bonds. The molecule has 1 aliphatic heterocycles. The minimum absolute atomic E-state index is 0.0658. The first-order valence-electron chi connectivity index (χ1n) is 6.59. The molecular formula is C13H18BrFN2O3S. The number of morpholine rings is 1. The fourth-order valence-electron chi connectivity index (χ4n) is 2.42. The second kappa shape index (κ2) is 6.29. The van der Waals surface area contributed by atoms with Crippen LogP contribution in [0.5, 0.6) is 0 Å². The summed E-state index contributed by atoms with van der Waals surface area (Å²) in [5.74, 6) is -0.785. The highest BCUT2D eigenvalue weighted by Crippen LogP contribution is 2.28. The second-order valence-corrected chi connectivity index (χ2v) is 7.98. The normalized spacial score (nSPS) is 24.2. The van der Waals surface area contributed by atoms with Crippen molar-refractivity contribution in [3.8, 4) is 0 Å². The summed E-state index contributed by atoms with van der Waals surface area (Å²) in [7, 11) is -3.92. The Bertz CT molecular complexity index is 629. The van der Waals surface area contributed by atoms with Gasteiger partial charge >= 0.3 is 0 Å². The van der Waals surface area contributed by atoms with Gasteiger partial charge in [0.05, 0.1) is 12.2 Å². The van der Waals surface area contributed by atoms with Crippen LogP contribution >= 0.6 is 15.9 Å². The summed E-state index contributed by atoms with van der Waals surface area (Å²) in [4.78, 5) is -0.348. The van der Waals surface area contributed by atoms with Gasteiger partial charge in [0.2, 0.25) is 10.0 Å². The molecule has 1 fully saturated rings. The van der Waals surface area contributed by atoms with E-state index < -0.39 is 15.8 Å². The number of halogens is 2. The van der Waals surface area contributed by atoms with Gasteiger partial charge in [-0.05, 0) is 26.0 Å². The monoisotopic (exact) mass is 380 g/mol. The summed E-state index contributed by atoms with van der Waals surface area (Å²) in [5.41, 5.74) is 5.63. The molecule has 2 rings (SSSR count). The number of rotatable bonds is 3. The van der Waals surface area contributed by atoms with Gasteiger partial charge in [0.25, 0.3) is 0 Å². The van der Waals surface area contributed by atoms with Gasteiger partial charge in [0.1, 0.15) is 10.7 Å². The Kier molecular flexibility index (Phi) is 5.04. The Labute approximate surface area is 132 Å². The van der Waals surface area contributed by atoms with Crippen LogP contribution in [0.2, 0.25) is 0 Å². The van der Waals surface area contributed by atoms with E-state index in [0.29, 0.717) is 4.47 Å². The van der Waals surface area contributed by atoms with Crippen LogP contribution in [-0.2, 0) is 21.3 Å². The van der Waals surface area contributed by atoms with Crippen molar-refractivity contribution < 1.29 is 17.5 Å². The van der Waals surface area contributed by atoms with Gasteiger partial charge in [-0.3, -0.25) is 0 Å². The molecule has 0 radical (unpaired) electrons. The Morgan fingerprint density at radius 2 is 1.95 bits per heavy atom. The number of sulfonamides is 1. The van der Waals surface area contributed by atoms with Crippen molar-refractivity contribution in [3.05, 3.63) is 28.0 Å². The lowest BCUT2D eigenvalue weighted by Gasteiger charge is -2.34. The number of nitrogens with two attached hydrogens (primary N) is 1. The van der Waals surface area contributed by atoms with Gasteiger partial charge < -0.3 is 10.5 Å². The van der Waals surface area contributed by atoms with Gasteiger partial charge in [-0.1, -0.05) is 15.9 Å². The van der Waals surface area contributed by atoms with E-state index in [2.05, 4.69) is 15.9 Å². The fourth-order valence-corrected chi connectivity index (χ4v) is 4.80. The molecule has 1 aromatic carbocycles.